The lowest BCUT2D eigenvalue weighted by molar-refractivity contribution is -0.135. The monoisotopic (exact) mass is 410 g/mol. The van der Waals surface area contributed by atoms with E-state index in [1.807, 2.05) is 18.3 Å². The number of likely N-dealkylation sites (tertiary alicyclic amines) is 1. The van der Waals surface area contributed by atoms with E-state index in [0.717, 1.165) is 50.1 Å². The Morgan fingerprint density at radius 3 is 2.63 bits per heavy atom. The van der Waals surface area contributed by atoms with E-state index in [0.29, 0.717) is 25.6 Å². The summed E-state index contributed by atoms with van der Waals surface area (Å²) in [5.41, 5.74) is 3.87. The second kappa shape index (κ2) is 9.65. The molecule has 2 aliphatic rings. The van der Waals surface area contributed by atoms with Gasteiger partial charge in [0, 0.05) is 31.2 Å². The van der Waals surface area contributed by atoms with Gasteiger partial charge in [-0.15, -0.1) is 0 Å². The predicted molar refractivity (Wildman–Crippen MR) is 118 cm³/mol. The minimum absolute atomic E-state index is 0.237. The molecule has 1 aromatic carbocycles. The molecule has 4 rings (SSSR count). The summed E-state index contributed by atoms with van der Waals surface area (Å²) in [4.78, 5) is 17.8. The maximum atomic E-state index is 13.4. The number of fused-ring (bicyclic) bond motifs is 1. The molecule has 6 nitrogen and oxygen atoms in total. The van der Waals surface area contributed by atoms with Crippen LogP contribution in [0, 0.1) is 0 Å². The molecule has 2 heterocycles. The molecule has 1 fully saturated rings. The fraction of sp³-hybridized carbons (Fsp3) is 0.583. The van der Waals surface area contributed by atoms with E-state index in [2.05, 4.69) is 38.8 Å². The number of nitrogens with zero attached hydrogens (tertiary/aromatic N) is 4. The first-order chi connectivity index (χ1) is 14.6. The van der Waals surface area contributed by atoms with Crippen molar-refractivity contribution in [3.63, 3.8) is 0 Å². The van der Waals surface area contributed by atoms with Crippen LogP contribution in [0.15, 0.2) is 30.5 Å². The van der Waals surface area contributed by atoms with Gasteiger partial charge in [0.05, 0.1) is 13.3 Å². The van der Waals surface area contributed by atoms with E-state index < -0.39 is 0 Å². The smallest absolute Gasteiger partial charge is 0.224 e. The molecule has 1 aliphatic heterocycles. The Morgan fingerprint density at radius 2 is 1.90 bits per heavy atom. The summed E-state index contributed by atoms with van der Waals surface area (Å²) in [6.07, 6.45) is 9.29. The van der Waals surface area contributed by atoms with Crippen LogP contribution < -0.4 is 4.74 Å². The highest BCUT2D eigenvalue weighted by molar-refractivity contribution is 5.76. The largest absolute Gasteiger partial charge is 0.497 e. The Labute approximate surface area is 179 Å². The first kappa shape index (κ1) is 20.9. The Kier molecular flexibility index (Phi) is 6.72. The number of methoxy groups -OCH3 is 1. The van der Waals surface area contributed by atoms with Gasteiger partial charge in [0.15, 0.2) is 0 Å². The van der Waals surface area contributed by atoms with Crippen LogP contribution in [0.4, 0.5) is 0 Å². The second-order valence-electron chi connectivity index (χ2n) is 8.70. The lowest BCUT2D eigenvalue weighted by Gasteiger charge is -2.37. The first-order valence-electron chi connectivity index (χ1n) is 11.3. The van der Waals surface area contributed by atoms with Crippen LogP contribution in [0.25, 0.3) is 0 Å². The number of rotatable bonds is 7. The SMILES string of the molecule is COc1ccc(CN(C(=O)CCn2ncc3c2CCCC3)C2CCN(C)CC2)cc1. The van der Waals surface area contributed by atoms with Crippen molar-refractivity contribution >= 4 is 5.91 Å². The first-order valence-corrected chi connectivity index (χ1v) is 11.3. The van der Waals surface area contributed by atoms with Gasteiger partial charge in [-0.2, -0.15) is 5.10 Å². The number of aryl methyl sites for hydroxylation is 2. The molecule has 0 N–H and O–H groups in total. The summed E-state index contributed by atoms with van der Waals surface area (Å²) in [5, 5.41) is 4.58. The van der Waals surface area contributed by atoms with Crippen molar-refractivity contribution in [3.8, 4) is 5.75 Å². The van der Waals surface area contributed by atoms with Crippen molar-refractivity contribution in [1.82, 2.24) is 19.6 Å². The third-order valence-corrected chi connectivity index (χ3v) is 6.64. The van der Waals surface area contributed by atoms with Crippen LogP contribution in [-0.4, -0.2) is 58.8 Å². The maximum Gasteiger partial charge on any atom is 0.224 e. The molecule has 162 valence electrons. The second-order valence-corrected chi connectivity index (χ2v) is 8.70. The van der Waals surface area contributed by atoms with Crippen molar-refractivity contribution < 1.29 is 9.53 Å². The highest BCUT2D eigenvalue weighted by atomic mass is 16.5. The minimum Gasteiger partial charge on any atom is -0.497 e. The molecular weight excluding hydrogens is 376 g/mol. The number of carbonyl (C=O) groups is 1. The van der Waals surface area contributed by atoms with E-state index in [4.69, 9.17) is 4.74 Å². The molecule has 1 amide bonds. The fourth-order valence-corrected chi connectivity index (χ4v) is 4.75. The van der Waals surface area contributed by atoms with E-state index in [9.17, 15) is 4.79 Å². The molecule has 0 spiro atoms. The summed E-state index contributed by atoms with van der Waals surface area (Å²) in [7, 11) is 3.84. The van der Waals surface area contributed by atoms with Gasteiger partial charge in [0.2, 0.25) is 5.91 Å². The van der Waals surface area contributed by atoms with E-state index >= 15 is 0 Å². The van der Waals surface area contributed by atoms with Crippen molar-refractivity contribution in [2.24, 2.45) is 0 Å². The van der Waals surface area contributed by atoms with Crippen molar-refractivity contribution in [2.45, 2.75) is 64.1 Å². The van der Waals surface area contributed by atoms with Gasteiger partial charge in [-0.3, -0.25) is 9.48 Å². The van der Waals surface area contributed by atoms with Crippen molar-refractivity contribution in [1.29, 1.82) is 0 Å². The summed E-state index contributed by atoms with van der Waals surface area (Å²) < 4.78 is 7.36. The van der Waals surface area contributed by atoms with Crippen molar-refractivity contribution in [2.75, 3.05) is 27.2 Å². The van der Waals surface area contributed by atoms with Gasteiger partial charge in [0.1, 0.15) is 5.75 Å². The van der Waals surface area contributed by atoms with Gasteiger partial charge in [-0.25, -0.2) is 0 Å². The molecule has 0 unspecified atom stereocenters. The van der Waals surface area contributed by atoms with Gasteiger partial charge >= 0.3 is 0 Å². The zero-order valence-corrected chi connectivity index (χ0v) is 18.3. The van der Waals surface area contributed by atoms with Gasteiger partial charge in [-0.1, -0.05) is 12.1 Å². The lowest BCUT2D eigenvalue weighted by Crippen LogP contribution is -2.46. The Bertz CT molecular complexity index is 837. The molecular formula is C24H34N4O2. The third kappa shape index (κ3) is 4.86. The predicted octanol–water partition coefficient (Wildman–Crippen LogP) is 3.28. The molecule has 6 heteroatoms. The molecule has 2 aromatic rings. The van der Waals surface area contributed by atoms with Crippen LogP contribution in [0.5, 0.6) is 5.75 Å². The average Bonchev–Trinajstić information content (AvgIpc) is 3.20. The van der Waals surface area contributed by atoms with Crippen LogP contribution in [0.2, 0.25) is 0 Å². The lowest BCUT2D eigenvalue weighted by atomic mass is 9.98. The van der Waals surface area contributed by atoms with E-state index in [-0.39, 0.29) is 5.91 Å². The van der Waals surface area contributed by atoms with Gasteiger partial charge in [0.25, 0.3) is 0 Å². The quantitative estimate of drug-likeness (QED) is 0.703. The van der Waals surface area contributed by atoms with Crippen molar-refractivity contribution in [3.05, 3.63) is 47.3 Å². The number of piperidine rings is 1. The van der Waals surface area contributed by atoms with Crippen LogP contribution in [-0.2, 0) is 30.7 Å². The summed E-state index contributed by atoms with van der Waals surface area (Å²) in [5.74, 6) is 1.08. The number of aromatic nitrogens is 2. The number of carbonyl (C=O) groups excluding carboxylic acids is 1. The van der Waals surface area contributed by atoms with Crippen LogP contribution >= 0.6 is 0 Å². The molecule has 1 aromatic heterocycles. The van der Waals surface area contributed by atoms with Gasteiger partial charge in [-0.05, 0) is 81.9 Å². The zero-order valence-electron chi connectivity index (χ0n) is 18.3. The topological polar surface area (TPSA) is 50.6 Å². The summed E-state index contributed by atoms with van der Waals surface area (Å²) >= 11 is 0. The van der Waals surface area contributed by atoms with E-state index in [1.165, 1.54) is 24.1 Å². The highest BCUT2D eigenvalue weighted by Crippen LogP contribution is 2.23. The summed E-state index contributed by atoms with van der Waals surface area (Å²) in [6.45, 7) is 3.43. The molecule has 0 bridgehead atoms. The van der Waals surface area contributed by atoms with Gasteiger partial charge < -0.3 is 14.5 Å². The molecule has 0 saturated carbocycles. The number of hydrogen-bond acceptors (Lipinski definition) is 4. The van der Waals surface area contributed by atoms with E-state index in [1.54, 1.807) is 7.11 Å². The molecule has 30 heavy (non-hydrogen) atoms. The molecule has 1 aliphatic carbocycles. The maximum absolute atomic E-state index is 13.4. The highest BCUT2D eigenvalue weighted by Gasteiger charge is 2.27. The molecule has 0 radical (unpaired) electrons. The minimum atomic E-state index is 0.237. The number of amides is 1. The molecule has 1 saturated heterocycles. The number of ether oxygens (including phenoxy) is 1. The normalized spacial score (nSPS) is 17.5. The zero-order chi connectivity index (χ0) is 20.9. The standard InChI is InChI=1S/C24H34N4O2/c1-26-14-11-21(12-15-26)27(18-19-7-9-22(30-2)10-8-19)24(29)13-16-28-23-6-4-3-5-20(23)17-25-28/h7-10,17,21H,3-6,11-16,18H2,1-2H3. The fourth-order valence-electron chi connectivity index (χ4n) is 4.75. The summed E-state index contributed by atoms with van der Waals surface area (Å²) in [6, 6.07) is 8.39. The average molecular weight is 411 g/mol. The Balaban J connectivity index is 1.44. The number of hydrogen-bond donors (Lipinski definition) is 0. The molecule has 0 atom stereocenters. The van der Waals surface area contributed by atoms with Crippen LogP contribution in [0.3, 0.4) is 0 Å². The Hall–Kier alpha value is -2.34. The third-order valence-electron chi connectivity index (χ3n) is 6.64. The van der Waals surface area contributed by atoms with Crippen LogP contribution in [0.1, 0.15) is 48.9 Å². The number of benzene rings is 1. The Morgan fingerprint density at radius 1 is 1.17 bits per heavy atom.